The number of piperidine rings is 1. The van der Waals surface area contributed by atoms with Crippen LogP contribution in [0, 0.1) is 5.82 Å². The second-order valence-electron chi connectivity index (χ2n) is 4.68. The van der Waals surface area contributed by atoms with E-state index in [4.69, 9.17) is 4.74 Å². The van der Waals surface area contributed by atoms with Crippen LogP contribution in [0.15, 0.2) is 18.2 Å². The Hall–Kier alpha value is -1.13. The maximum atomic E-state index is 13.3. The molecule has 0 amide bonds. The monoisotopic (exact) mass is 239 g/mol. The van der Waals surface area contributed by atoms with Crippen LogP contribution in [0.5, 0.6) is 5.75 Å². The normalized spacial score (nSPS) is 20.2. The number of methoxy groups -OCH3 is 1. The molecule has 0 unspecified atom stereocenters. The summed E-state index contributed by atoms with van der Waals surface area (Å²) in [6.45, 7) is 1.60. The second kappa shape index (κ2) is 4.63. The summed E-state index contributed by atoms with van der Waals surface area (Å²) in [7, 11) is 3.55. The number of ether oxygens (including phenoxy) is 1. The lowest BCUT2D eigenvalue weighted by Gasteiger charge is -2.37. The van der Waals surface area contributed by atoms with Crippen molar-refractivity contribution in [3.63, 3.8) is 0 Å². The lowest BCUT2D eigenvalue weighted by atomic mass is 9.84. The zero-order valence-corrected chi connectivity index (χ0v) is 10.2. The molecular weight excluding hydrogens is 221 g/mol. The molecule has 1 fully saturated rings. The third-order valence-corrected chi connectivity index (χ3v) is 3.48. The highest BCUT2D eigenvalue weighted by molar-refractivity contribution is 5.38. The van der Waals surface area contributed by atoms with Crippen molar-refractivity contribution in [3.8, 4) is 5.75 Å². The standard InChI is InChI=1S/C13H18FNO2/c1-15-7-5-13(16,6-8-15)11-9-10(14)3-4-12(11)17-2/h3-4,9,16H,5-8H2,1-2H3. The fraction of sp³-hybridized carbons (Fsp3) is 0.538. The average Bonchev–Trinajstić information content (AvgIpc) is 2.33. The van der Waals surface area contributed by atoms with Crippen LogP contribution in [0.4, 0.5) is 4.39 Å². The highest BCUT2D eigenvalue weighted by Gasteiger charge is 2.35. The van der Waals surface area contributed by atoms with E-state index >= 15 is 0 Å². The Balaban J connectivity index is 2.34. The predicted octanol–water partition coefficient (Wildman–Crippen LogP) is 1.75. The molecule has 3 nitrogen and oxygen atoms in total. The molecule has 2 rings (SSSR count). The molecule has 94 valence electrons. The van der Waals surface area contributed by atoms with Gasteiger partial charge in [-0.25, -0.2) is 4.39 Å². The summed E-state index contributed by atoms with van der Waals surface area (Å²) in [6, 6.07) is 4.30. The molecule has 0 saturated carbocycles. The van der Waals surface area contributed by atoms with E-state index < -0.39 is 5.60 Å². The molecule has 1 aromatic rings. The topological polar surface area (TPSA) is 32.7 Å². The number of aliphatic hydroxyl groups is 1. The van der Waals surface area contributed by atoms with Gasteiger partial charge in [-0.2, -0.15) is 0 Å². The molecule has 0 aromatic heterocycles. The summed E-state index contributed by atoms with van der Waals surface area (Å²) in [5.74, 6) is 0.214. The van der Waals surface area contributed by atoms with Gasteiger partial charge < -0.3 is 14.7 Å². The lowest BCUT2D eigenvalue weighted by molar-refractivity contribution is -0.0221. The summed E-state index contributed by atoms with van der Waals surface area (Å²) in [4.78, 5) is 2.15. The van der Waals surface area contributed by atoms with Gasteiger partial charge in [-0.1, -0.05) is 0 Å². The number of likely N-dealkylation sites (tertiary alicyclic amines) is 1. The fourth-order valence-electron chi connectivity index (χ4n) is 2.30. The minimum Gasteiger partial charge on any atom is -0.496 e. The van der Waals surface area contributed by atoms with Gasteiger partial charge in [0.2, 0.25) is 0 Å². The van der Waals surface area contributed by atoms with Crippen molar-refractivity contribution in [1.82, 2.24) is 4.90 Å². The van der Waals surface area contributed by atoms with Crippen molar-refractivity contribution in [2.45, 2.75) is 18.4 Å². The quantitative estimate of drug-likeness (QED) is 0.853. The SMILES string of the molecule is COc1ccc(F)cc1C1(O)CCN(C)CC1. The Morgan fingerprint density at radius 1 is 1.35 bits per heavy atom. The molecule has 0 spiro atoms. The number of benzene rings is 1. The molecule has 0 aliphatic carbocycles. The van der Waals surface area contributed by atoms with E-state index in [-0.39, 0.29) is 5.82 Å². The van der Waals surface area contributed by atoms with Crippen LogP contribution < -0.4 is 4.74 Å². The van der Waals surface area contributed by atoms with E-state index in [9.17, 15) is 9.50 Å². The van der Waals surface area contributed by atoms with Crippen LogP contribution in [0.2, 0.25) is 0 Å². The average molecular weight is 239 g/mol. The summed E-state index contributed by atoms with van der Waals surface area (Å²) >= 11 is 0. The largest absolute Gasteiger partial charge is 0.496 e. The fourth-order valence-corrected chi connectivity index (χ4v) is 2.30. The second-order valence-corrected chi connectivity index (χ2v) is 4.68. The van der Waals surface area contributed by atoms with E-state index in [1.807, 2.05) is 7.05 Å². The minimum atomic E-state index is -0.972. The Morgan fingerprint density at radius 3 is 2.59 bits per heavy atom. The smallest absolute Gasteiger partial charge is 0.125 e. The lowest BCUT2D eigenvalue weighted by Crippen LogP contribution is -2.40. The van der Waals surface area contributed by atoms with E-state index in [2.05, 4.69) is 4.90 Å². The van der Waals surface area contributed by atoms with Crippen molar-refractivity contribution in [1.29, 1.82) is 0 Å². The van der Waals surface area contributed by atoms with Gasteiger partial charge in [0.25, 0.3) is 0 Å². The third kappa shape index (κ3) is 2.42. The first kappa shape index (κ1) is 12.3. The molecule has 0 bridgehead atoms. The molecule has 0 atom stereocenters. The zero-order valence-electron chi connectivity index (χ0n) is 10.2. The van der Waals surface area contributed by atoms with Crippen molar-refractivity contribution < 1.29 is 14.2 Å². The highest BCUT2D eigenvalue weighted by Crippen LogP contribution is 2.38. The zero-order chi connectivity index (χ0) is 12.5. The van der Waals surface area contributed by atoms with Gasteiger partial charge in [0, 0.05) is 18.7 Å². The van der Waals surface area contributed by atoms with Gasteiger partial charge in [0.1, 0.15) is 11.6 Å². The molecule has 1 aliphatic heterocycles. The Morgan fingerprint density at radius 2 is 2.00 bits per heavy atom. The third-order valence-electron chi connectivity index (χ3n) is 3.48. The maximum absolute atomic E-state index is 13.3. The van der Waals surface area contributed by atoms with Crippen LogP contribution in [0.25, 0.3) is 0 Å². The van der Waals surface area contributed by atoms with Crippen LogP contribution in [-0.2, 0) is 5.60 Å². The van der Waals surface area contributed by atoms with Crippen molar-refractivity contribution in [2.24, 2.45) is 0 Å². The summed E-state index contributed by atoms with van der Waals surface area (Å²) in [6.07, 6.45) is 1.20. The molecule has 1 heterocycles. The van der Waals surface area contributed by atoms with Gasteiger partial charge in [-0.3, -0.25) is 0 Å². The molecule has 1 aromatic carbocycles. The highest BCUT2D eigenvalue weighted by atomic mass is 19.1. The van der Waals surface area contributed by atoms with Crippen molar-refractivity contribution in [2.75, 3.05) is 27.2 Å². The van der Waals surface area contributed by atoms with E-state index in [0.717, 1.165) is 13.1 Å². The molecular formula is C13H18FNO2. The Labute approximate surface area is 101 Å². The van der Waals surface area contributed by atoms with Crippen LogP contribution >= 0.6 is 0 Å². The van der Waals surface area contributed by atoms with E-state index in [1.165, 1.54) is 19.2 Å². The van der Waals surface area contributed by atoms with Crippen LogP contribution in [-0.4, -0.2) is 37.3 Å². The molecule has 1 saturated heterocycles. The van der Waals surface area contributed by atoms with Gasteiger partial charge in [-0.15, -0.1) is 0 Å². The summed E-state index contributed by atoms with van der Waals surface area (Å²) in [5, 5.41) is 10.6. The molecule has 17 heavy (non-hydrogen) atoms. The molecule has 4 heteroatoms. The predicted molar refractivity (Wildman–Crippen MR) is 63.6 cm³/mol. The molecule has 0 radical (unpaired) electrons. The first-order valence-corrected chi connectivity index (χ1v) is 5.80. The Bertz CT molecular complexity index is 400. The van der Waals surface area contributed by atoms with Gasteiger partial charge in [-0.05, 0) is 38.1 Å². The maximum Gasteiger partial charge on any atom is 0.125 e. The number of hydrogen-bond donors (Lipinski definition) is 1. The number of nitrogens with zero attached hydrogens (tertiary/aromatic N) is 1. The molecule has 1 aliphatic rings. The van der Waals surface area contributed by atoms with Crippen molar-refractivity contribution >= 4 is 0 Å². The number of hydrogen-bond acceptors (Lipinski definition) is 3. The summed E-state index contributed by atoms with van der Waals surface area (Å²) < 4.78 is 18.5. The van der Waals surface area contributed by atoms with E-state index in [1.54, 1.807) is 6.07 Å². The van der Waals surface area contributed by atoms with Gasteiger partial charge in [0.15, 0.2) is 0 Å². The number of rotatable bonds is 2. The van der Waals surface area contributed by atoms with Crippen molar-refractivity contribution in [3.05, 3.63) is 29.6 Å². The summed E-state index contributed by atoms with van der Waals surface area (Å²) in [5.41, 5.74) is -0.409. The first-order valence-electron chi connectivity index (χ1n) is 5.80. The van der Waals surface area contributed by atoms with E-state index in [0.29, 0.717) is 24.2 Å². The number of halogens is 1. The van der Waals surface area contributed by atoms with Gasteiger partial charge in [0.05, 0.1) is 12.7 Å². The minimum absolute atomic E-state index is 0.340. The molecule has 1 N–H and O–H groups in total. The van der Waals surface area contributed by atoms with Crippen LogP contribution in [0.3, 0.4) is 0 Å². The Kier molecular flexibility index (Phi) is 3.35. The first-order chi connectivity index (χ1) is 8.05. The van der Waals surface area contributed by atoms with Crippen LogP contribution in [0.1, 0.15) is 18.4 Å². The van der Waals surface area contributed by atoms with Gasteiger partial charge >= 0.3 is 0 Å².